The average Bonchev–Trinajstić information content (AvgIpc) is 3.33. The van der Waals surface area contributed by atoms with Gasteiger partial charge in [-0.05, 0) is 43.3 Å². The van der Waals surface area contributed by atoms with E-state index in [1.54, 1.807) is 62.4 Å². The van der Waals surface area contributed by atoms with Gasteiger partial charge in [0.2, 0.25) is 5.89 Å². The van der Waals surface area contributed by atoms with Gasteiger partial charge in [-0.25, -0.2) is 9.97 Å². The van der Waals surface area contributed by atoms with Crippen LogP contribution in [0.25, 0.3) is 22.5 Å². The molecule has 0 saturated carbocycles. The van der Waals surface area contributed by atoms with Crippen LogP contribution in [0.15, 0.2) is 52.9 Å². The lowest BCUT2D eigenvalue weighted by Gasteiger charge is -2.14. The Hall–Kier alpha value is -3.26. The van der Waals surface area contributed by atoms with Crippen molar-refractivity contribution in [2.24, 2.45) is 0 Å². The molecule has 0 aliphatic rings. The molecule has 2 aromatic heterocycles. The number of hydrogen-bond acceptors (Lipinski definition) is 4. The van der Waals surface area contributed by atoms with E-state index in [0.717, 1.165) is 4.57 Å². The molecule has 0 bridgehead atoms. The van der Waals surface area contributed by atoms with Crippen LogP contribution in [-0.2, 0) is 0 Å². The fourth-order valence-electron chi connectivity index (χ4n) is 3.36. The summed E-state index contributed by atoms with van der Waals surface area (Å²) in [5.74, 6) is -0.0432. The normalized spacial score (nSPS) is 12.5. The Bertz CT molecular complexity index is 1230. The van der Waals surface area contributed by atoms with Crippen LogP contribution in [0.2, 0.25) is 5.02 Å². The van der Waals surface area contributed by atoms with E-state index in [1.165, 1.54) is 0 Å². The van der Waals surface area contributed by atoms with Crippen LogP contribution in [0.1, 0.15) is 41.5 Å². The maximum atomic E-state index is 13.7. The van der Waals surface area contributed by atoms with Gasteiger partial charge in [-0.3, -0.25) is 9.36 Å². The van der Waals surface area contributed by atoms with E-state index in [1.807, 2.05) is 0 Å². The quantitative estimate of drug-likeness (QED) is 0.421. The summed E-state index contributed by atoms with van der Waals surface area (Å²) in [5.41, 5.74) is 1.66. The summed E-state index contributed by atoms with van der Waals surface area (Å²) in [6.45, 7) is 0.744. The molecule has 2 heterocycles. The number of fused-ring (bicyclic) bond motifs is 1. The number of aryl methyl sites for hydroxylation is 1. The monoisotopic (exact) mass is 444 g/mol. The van der Waals surface area contributed by atoms with Gasteiger partial charge in [0.15, 0.2) is 5.69 Å². The van der Waals surface area contributed by atoms with Crippen molar-refractivity contribution in [2.45, 2.75) is 26.3 Å². The summed E-state index contributed by atoms with van der Waals surface area (Å²) in [6.07, 6.45) is 0. The third-order valence-electron chi connectivity index (χ3n) is 4.93. The molecule has 0 saturated heterocycles. The topological polar surface area (TPSA) is 73.0 Å². The summed E-state index contributed by atoms with van der Waals surface area (Å²) in [4.78, 5) is 21.3. The molecule has 31 heavy (non-hydrogen) atoms. The molecule has 4 rings (SSSR count). The number of aromatic nitrogens is 3. The van der Waals surface area contributed by atoms with Crippen LogP contribution in [0.4, 0.5) is 8.78 Å². The summed E-state index contributed by atoms with van der Waals surface area (Å²) in [6, 6.07) is 13.6. The number of nitrogens with one attached hydrogen (secondary N) is 1. The lowest BCUT2D eigenvalue weighted by molar-refractivity contribution is 0.0703. The number of imidazole rings is 1. The first kappa shape index (κ1) is 21.0. The molecule has 160 valence electrons. The third-order valence-corrected chi connectivity index (χ3v) is 5.18. The number of carbonyl (C=O) groups excluding carboxylic acids is 1. The van der Waals surface area contributed by atoms with E-state index < -0.39 is 18.4 Å². The number of benzene rings is 2. The van der Waals surface area contributed by atoms with Crippen molar-refractivity contribution in [1.29, 1.82) is 0 Å². The number of hydrogen-bond donors (Lipinski definition) is 1. The second kappa shape index (κ2) is 8.47. The first-order chi connectivity index (χ1) is 14.8. The number of halogens is 3. The molecule has 6 nitrogen and oxygen atoms in total. The number of oxazole rings is 1. The zero-order valence-electron chi connectivity index (χ0n) is 16.8. The summed E-state index contributed by atoms with van der Waals surface area (Å²) >= 11 is 5.89. The molecule has 4 aromatic rings. The number of nitrogens with zero attached hydrogens (tertiary/aromatic N) is 3. The van der Waals surface area contributed by atoms with Crippen LogP contribution in [0.3, 0.4) is 0 Å². The molecular formula is C22H19ClF2N4O2. The van der Waals surface area contributed by atoms with E-state index >= 15 is 0 Å². The standard InChI is InChI=1S/C22H19ClF2N4O2/c1-12(19-27-16-5-3-4-6-17(16)29(19)22(24)25)11-26-20(30)18-13(2)31-21(28-18)14-7-9-15(23)10-8-14/h3-10,12,22H,11H2,1-2H3,(H,26,30). The minimum Gasteiger partial charge on any atom is -0.441 e. The molecule has 0 aliphatic carbocycles. The van der Waals surface area contributed by atoms with Crippen molar-refractivity contribution in [3.8, 4) is 11.5 Å². The van der Waals surface area contributed by atoms with Crippen molar-refractivity contribution in [3.05, 3.63) is 70.8 Å². The van der Waals surface area contributed by atoms with Gasteiger partial charge in [0.1, 0.15) is 11.6 Å². The van der Waals surface area contributed by atoms with E-state index in [4.69, 9.17) is 16.0 Å². The molecule has 1 unspecified atom stereocenters. The van der Waals surface area contributed by atoms with E-state index in [2.05, 4.69) is 15.3 Å². The molecule has 1 N–H and O–H groups in total. The minimum atomic E-state index is -2.74. The largest absolute Gasteiger partial charge is 0.441 e. The Labute approximate surface area is 181 Å². The first-order valence-electron chi connectivity index (χ1n) is 9.61. The molecule has 0 radical (unpaired) electrons. The van der Waals surface area contributed by atoms with Gasteiger partial charge >= 0.3 is 6.55 Å². The summed E-state index contributed by atoms with van der Waals surface area (Å²) in [7, 11) is 0. The fourth-order valence-corrected chi connectivity index (χ4v) is 3.49. The number of para-hydroxylation sites is 2. The van der Waals surface area contributed by atoms with Crippen molar-refractivity contribution < 1.29 is 18.0 Å². The molecule has 1 atom stereocenters. The van der Waals surface area contributed by atoms with E-state index in [0.29, 0.717) is 33.3 Å². The number of amides is 1. The Balaban J connectivity index is 1.51. The zero-order chi connectivity index (χ0) is 22.1. The average molecular weight is 445 g/mol. The van der Waals surface area contributed by atoms with Crippen LogP contribution in [-0.4, -0.2) is 27.0 Å². The number of alkyl halides is 2. The van der Waals surface area contributed by atoms with Crippen LogP contribution >= 0.6 is 11.6 Å². The highest BCUT2D eigenvalue weighted by Gasteiger charge is 2.23. The van der Waals surface area contributed by atoms with Crippen molar-refractivity contribution in [1.82, 2.24) is 19.9 Å². The van der Waals surface area contributed by atoms with Gasteiger partial charge in [-0.1, -0.05) is 30.7 Å². The highest BCUT2D eigenvalue weighted by atomic mass is 35.5. The van der Waals surface area contributed by atoms with Gasteiger partial charge in [0.05, 0.1) is 11.0 Å². The lowest BCUT2D eigenvalue weighted by atomic mass is 10.1. The van der Waals surface area contributed by atoms with Gasteiger partial charge in [0, 0.05) is 23.0 Å². The maximum absolute atomic E-state index is 13.7. The SMILES string of the molecule is Cc1oc(-c2ccc(Cl)cc2)nc1C(=O)NCC(C)c1nc2ccccc2n1C(F)F. The molecule has 9 heteroatoms. The smallest absolute Gasteiger partial charge is 0.320 e. The maximum Gasteiger partial charge on any atom is 0.320 e. The Morgan fingerprint density at radius 1 is 1.16 bits per heavy atom. The molecular weight excluding hydrogens is 426 g/mol. The first-order valence-corrected chi connectivity index (χ1v) is 9.99. The van der Waals surface area contributed by atoms with Crippen molar-refractivity contribution in [3.63, 3.8) is 0 Å². The van der Waals surface area contributed by atoms with Crippen molar-refractivity contribution in [2.75, 3.05) is 6.54 Å². The van der Waals surface area contributed by atoms with Gasteiger partial charge in [-0.15, -0.1) is 0 Å². The van der Waals surface area contributed by atoms with Gasteiger partial charge in [0.25, 0.3) is 5.91 Å². The van der Waals surface area contributed by atoms with Gasteiger partial charge in [-0.2, -0.15) is 8.78 Å². The molecule has 1 amide bonds. The second-order valence-electron chi connectivity index (χ2n) is 7.15. The van der Waals surface area contributed by atoms with Crippen LogP contribution in [0.5, 0.6) is 0 Å². The minimum absolute atomic E-state index is 0.109. The molecule has 0 spiro atoms. The van der Waals surface area contributed by atoms with Crippen LogP contribution < -0.4 is 5.32 Å². The van der Waals surface area contributed by atoms with E-state index in [-0.39, 0.29) is 18.1 Å². The van der Waals surface area contributed by atoms with Crippen molar-refractivity contribution >= 4 is 28.5 Å². The third kappa shape index (κ3) is 4.16. The molecule has 2 aromatic carbocycles. The Morgan fingerprint density at radius 2 is 1.87 bits per heavy atom. The van der Waals surface area contributed by atoms with Crippen LogP contribution in [0, 0.1) is 6.92 Å². The zero-order valence-corrected chi connectivity index (χ0v) is 17.5. The number of rotatable bonds is 6. The molecule has 0 fully saturated rings. The lowest BCUT2D eigenvalue weighted by Crippen LogP contribution is -2.29. The predicted octanol–water partition coefficient (Wildman–Crippen LogP) is 5.58. The number of carbonyl (C=O) groups is 1. The highest BCUT2D eigenvalue weighted by molar-refractivity contribution is 6.30. The summed E-state index contributed by atoms with van der Waals surface area (Å²) < 4.78 is 33.8. The Morgan fingerprint density at radius 3 is 2.58 bits per heavy atom. The fraction of sp³-hybridized carbons (Fsp3) is 0.227. The van der Waals surface area contributed by atoms with E-state index in [9.17, 15) is 13.6 Å². The molecule has 0 aliphatic heterocycles. The Kier molecular flexibility index (Phi) is 5.73. The second-order valence-corrected chi connectivity index (χ2v) is 7.58. The predicted molar refractivity (Wildman–Crippen MR) is 113 cm³/mol. The summed E-state index contributed by atoms with van der Waals surface area (Å²) in [5, 5.41) is 3.32. The van der Waals surface area contributed by atoms with Gasteiger partial charge < -0.3 is 9.73 Å². The highest BCUT2D eigenvalue weighted by Crippen LogP contribution is 2.27.